The van der Waals surface area contributed by atoms with Gasteiger partial charge in [-0.05, 0) is 65.6 Å². The molecule has 2 heterocycles. The maximum Gasteiger partial charge on any atom is 0.254 e. The Labute approximate surface area is 248 Å². The quantitative estimate of drug-likeness (QED) is 0.189. The number of carbonyl (C=O) groups excluding carboxylic acids is 2. The molecule has 0 saturated carbocycles. The Morgan fingerprint density at radius 3 is 2.35 bits per heavy atom. The molecule has 4 aromatic rings. The van der Waals surface area contributed by atoms with Crippen molar-refractivity contribution >= 4 is 29.2 Å². The summed E-state index contributed by atoms with van der Waals surface area (Å²) in [5.41, 5.74) is 10.7. The van der Waals surface area contributed by atoms with Gasteiger partial charge in [-0.25, -0.2) is 13.8 Å². The number of aromatic nitrogens is 1. The van der Waals surface area contributed by atoms with E-state index in [1.165, 1.54) is 24.1 Å². The van der Waals surface area contributed by atoms with Crippen molar-refractivity contribution < 1.29 is 23.1 Å². The smallest absolute Gasteiger partial charge is 0.254 e. The average Bonchev–Trinajstić information content (AvgIpc) is 3.00. The number of nitrogens with two attached hydrogens (primary N) is 1. The molecule has 10 heteroatoms. The molecule has 5 rings (SSSR count). The van der Waals surface area contributed by atoms with Crippen LogP contribution < -0.4 is 15.8 Å². The summed E-state index contributed by atoms with van der Waals surface area (Å²) in [4.78, 5) is 35.0. The SMILES string of the molecule is COc1cc(C(=O)N2CC(F)C2)ccc1NC(N)=Nc1ccc(-c2ccc(CCC(=O)Cc3ccc(F)cc3)cc2)cn1. The highest BCUT2D eigenvalue weighted by Crippen LogP contribution is 2.28. The van der Waals surface area contributed by atoms with E-state index in [0.29, 0.717) is 42.1 Å². The fraction of sp³-hybridized carbons (Fsp3) is 0.212. The van der Waals surface area contributed by atoms with Crippen LogP contribution in [-0.2, 0) is 17.6 Å². The molecule has 1 aliphatic heterocycles. The number of amides is 1. The molecule has 8 nitrogen and oxygen atoms in total. The highest BCUT2D eigenvalue weighted by molar-refractivity contribution is 5.98. The zero-order valence-corrected chi connectivity index (χ0v) is 23.6. The number of benzene rings is 3. The lowest BCUT2D eigenvalue weighted by atomic mass is 10.0. The lowest BCUT2D eigenvalue weighted by molar-refractivity contribution is -0.118. The highest BCUT2D eigenvalue weighted by atomic mass is 19.1. The summed E-state index contributed by atoms with van der Waals surface area (Å²) in [6, 6.07) is 22.4. The molecule has 3 aromatic carbocycles. The second-order valence-corrected chi connectivity index (χ2v) is 10.3. The predicted molar refractivity (Wildman–Crippen MR) is 162 cm³/mol. The largest absolute Gasteiger partial charge is 0.495 e. The summed E-state index contributed by atoms with van der Waals surface area (Å²) in [6.45, 7) is 0.197. The van der Waals surface area contributed by atoms with Gasteiger partial charge in [0.15, 0.2) is 11.8 Å². The van der Waals surface area contributed by atoms with Gasteiger partial charge in [-0.1, -0.05) is 36.4 Å². The number of ketones is 1. The summed E-state index contributed by atoms with van der Waals surface area (Å²) in [7, 11) is 1.48. The monoisotopic (exact) mass is 583 g/mol. The van der Waals surface area contributed by atoms with Crippen molar-refractivity contribution in [2.24, 2.45) is 10.7 Å². The van der Waals surface area contributed by atoms with Gasteiger partial charge >= 0.3 is 0 Å². The van der Waals surface area contributed by atoms with Gasteiger partial charge in [0.05, 0.1) is 25.9 Å². The number of Topliss-reactive ketones (excluding diaryl/α,β-unsaturated/α-hetero) is 1. The summed E-state index contributed by atoms with van der Waals surface area (Å²) in [5.74, 6) is 0.411. The van der Waals surface area contributed by atoms with Gasteiger partial charge in [0.2, 0.25) is 0 Å². The Morgan fingerprint density at radius 2 is 1.70 bits per heavy atom. The molecule has 1 amide bonds. The number of guanidine groups is 1. The standard InChI is InChI=1S/C33H31F2N5O3/c1-43-30-17-24(32(42)40-19-27(35)20-40)9-14-29(30)38-33(36)39-31-15-10-25(18-37-31)23-7-2-21(3-8-23)6-13-28(41)16-22-4-11-26(34)12-5-22/h2-5,7-12,14-15,17-18,27H,6,13,16,19-20H2,1H3,(H3,36,37,38,39). The zero-order chi connectivity index (χ0) is 30.3. The van der Waals surface area contributed by atoms with E-state index in [1.54, 1.807) is 42.6 Å². The van der Waals surface area contributed by atoms with Crippen molar-refractivity contribution in [3.8, 4) is 16.9 Å². The fourth-order valence-electron chi connectivity index (χ4n) is 4.68. The molecule has 1 aliphatic rings. The molecule has 1 aromatic heterocycles. The molecule has 0 bridgehead atoms. The van der Waals surface area contributed by atoms with E-state index in [-0.39, 0.29) is 36.6 Å². The van der Waals surface area contributed by atoms with E-state index in [9.17, 15) is 18.4 Å². The van der Waals surface area contributed by atoms with Crippen molar-refractivity contribution in [3.05, 3.63) is 108 Å². The highest BCUT2D eigenvalue weighted by Gasteiger charge is 2.31. The molecule has 3 N–H and O–H groups in total. The number of nitrogens with one attached hydrogen (secondary N) is 1. The van der Waals surface area contributed by atoms with Gasteiger partial charge < -0.3 is 20.7 Å². The van der Waals surface area contributed by atoms with Crippen LogP contribution >= 0.6 is 0 Å². The van der Waals surface area contributed by atoms with Gasteiger partial charge in [0.1, 0.15) is 23.5 Å². The Hall–Kier alpha value is -5.12. The van der Waals surface area contributed by atoms with Crippen LogP contribution in [0.2, 0.25) is 0 Å². The normalized spacial score (nSPS) is 13.4. The number of halogens is 2. The van der Waals surface area contributed by atoms with Crippen LogP contribution in [0.25, 0.3) is 11.1 Å². The molecular weight excluding hydrogens is 552 g/mol. The number of nitrogens with zero attached hydrogens (tertiary/aromatic N) is 3. The van der Waals surface area contributed by atoms with Crippen molar-refractivity contribution in [2.75, 3.05) is 25.5 Å². The molecule has 43 heavy (non-hydrogen) atoms. The number of ether oxygens (including phenoxy) is 1. The van der Waals surface area contributed by atoms with Gasteiger partial charge in [-0.15, -0.1) is 0 Å². The van der Waals surface area contributed by atoms with E-state index in [2.05, 4.69) is 15.3 Å². The predicted octanol–water partition coefficient (Wildman–Crippen LogP) is 5.49. The first-order chi connectivity index (χ1) is 20.8. The second-order valence-electron chi connectivity index (χ2n) is 10.3. The lowest BCUT2D eigenvalue weighted by Crippen LogP contribution is -2.51. The van der Waals surface area contributed by atoms with Gasteiger partial charge in [0.25, 0.3) is 5.91 Å². The van der Waals surface area contributed by atoms with Crippen molar-refractivity contribution in [1.29, 1.82) is 0 Å². The van der Waals surface area contributed by atoms with E-state index < -0.39 is 6.17 Å². The maximum atomic E-state index is 13.1. The number of aliphatic imine (C=N–C) groups is 1. The molecule has 0 radical (unpaired) electrons. The number of likely N-dealkylation sites (tertiary alicyclic amines) is 1. The lowest BCUT2D eigenvalue weighted by Gasteiger charge is -2.34. The van der Waals surface area contributed by atoms with Crippen LogP contribution in [0, 0.1) is 5.82 Å². The van der Waals surface area contributed by atoms with Crippen LogP contribution in [0.3, 0.4) is 0 Å². The van der Waals surface area contributed by atoms with Gasteiger partial charge in [0, 0.05) is 30.2 Å². The minimum Gasteiger partial charge on any atom is -0.495 e. The first kappa shape index (κ1) is 29.4. The third-order valence-electron chi connectivity index (χ3n) is 7.11. The molecule has 220 valence electrons. The number of anilines is 1. The first-order valence-electron chi connectivity index (χ1n) is 13.8. The molecule has 1 fully saturated rings. The third-order valence-corrected chi connectivity index (χ3v) is 7.11. The number of alkyl halides is 1. The van der Waals surface area contributed by atoms with Crippen LogP contribution in [0.4, 0.5) is 20.3 Å². The Kier molecular flexibility index (Phi) is 9.05. The number of pyridine rings is 1. The molecule has 0 atom stereocenters. The molecule has 0 aliphatic carbocycles. The van der Waals surface area contributed by atoms with Crippen molar-refractivity contribution in [1.82, 2.24) is 9.88 Å². The summed E-state index contributed by atoms with van der Waals surface area (Å²) < 4.78 is 31.6. The summed E-state index contributed by atoms with van der Waals surface area (Å²) in [6.07, 6.45) is 2.06. The topological polar surface area (TPSA) is 110 Å². The summed E-state index contributed by atoms with van der Waals surface area (Å²) in [5, 5.41) is 2.97. The Morgan fingerprint density at radius 1 is 1.00 bits per heavy atom. The number of carbonyl (C=O) groups is 2. The van der Waals surface area contributed by atoms with Gasteiger partial charge in [-0.2, -0.15) is 4.99 Å². The Balaban J connectivity index is 1.15. The number of hydrogen-bond acceptors (Lipinski definition) is 5. The Bertz CT molecular complexity index is 1620. The first-order valence-corrected chi connectivity index (χ1v) is 13.8. The zero-order valence-electron chi connectivity index (χ0n) is 23.6. The second kappa shape index (κ2) is 13.2. The fourth-order valence-corrected chi connectivity index (χ4v) is 4.68. The van der Waals surface area contributed by atoms with Crippen molar-refractivity contribution in [2.45, 2.75) is 25.4 Å². The number of rotatable bonds is 10. The van der Waals surface area contributed by atoms with E-state index >= 15 is 0 Å². The third kappa shape index (κ3) is 7.59. The molecular formula is C33H31F2N5O3. The minimum absolute atomic E-state index is 0.0824. The van der Waals surface area contributed by atoms with Crippen LogP contribution in [0.5, 0.6) is 5.75 Å². The number of methoxy groups -OCH3 is 1. The molecule has 1 saturated heterocycles. The number of aryl methyl sites for hydroxylation is 1. The van der Waals surface area contributed by atoms with E-state index in [0.717, 1.165) is 22.3 Å². The average molecular weight is 584 g/mol. The maximum absolute atomic E-state index is 13.1. The van der Waals surface area contributed by atoms with Gasteiger partial charge in [-0.3, -0.25) is 9.59 Å². The minimum atomic E-state index is -0.971. The van der Waals surface area contributed by atoms with Crippen LogP contribution in [0.1, 0.15) is 27.9 Å². The summed E-state index contributed by atoms with van der Waals surface area (Å²) >= 11 is 0. The molecule has 0 spiro atoms. The van der Waals surface area contributed by atoms with Crippen LogP contribution in [-0.4, -0.2) is 53.9 Å². The van der Waals surface area contributed by atoms with E-state index in [4.69, 9.17) is 10.5 Å². The van der Waals surface area contributed by atoms with Crippen LogP contribution in [0.15, 0.2) is 90.1 Å². The van der Waals surface area contributed by atoms with Crippen molar-refractivity contribution in [3.63, 3.8) is 0 Å². The number of hydrogen-bond donors (Lipinski definition) is 2. The van der Waals surface area contributed by atoms with E-state index in [1.807, 2.05) is 30.3 Å². The molecule has 0 unspecified atom stereocenters.